The van der Waals surface area contributed by atoms with Crippen molar-refractivity contribution >= 4 is 40.7 Å². The SMILES string of the molecule is CN(CC(=O)Nc1cccc(Cl)c1)CC(=O)N(CCC(N)=O)c1ccccc1. The van der Waals surface area contributed by atoms with Crippen molar-refractivity contribution in [2.75, 3.05) is 36.9 Å². The molecule has 0 aliphatic heterocycles. The molecule has 0 saturated carbocycles. The van der Waals surface area contributed by atoms with Crippen molar-refractivity contribution in [3.63, 3.8) is 0 Å². The number of nitrogens with one attached hydrogen (secondary N) is 1. The zero-order valence-electron chi connectivity index (χ0n) is 15.6. The van der Waals surface area contributed by atoms with Gasteiger partial charge in [0, 0.05) is 29.4 Å². The molecular formula is C20H23ClN4O3. The van der Waals surface area contributed by atoms with E-state index < -0.39 is 5.91 Å². The molecule has 7 nitrogen and oxygen atoms in total. The Kier molecular flexibility index (Phi) is 7.98. The topological polar surface area (TPSA) is 95.7 Å². The van der Waals surface area contributed by atoms with E-state index in [2.05, 4.69) is 5.32 Å². The van der Waals surface area contributed by atoms with E-state index in [9.17, 15) is 14.4 Å². The predicted octanol–water partition coefficient (Wildman–Crippen LogP) is 2.12. The number of hydrogen-bond acceptors (Lipinski definition) is 4. The lowest BCUT2D eigenvalue weighted by Crippen LogP contribution is -2.42. The van der Waals surface area contributed by atoms with Gasteiger partial charge in [0.2, 0.25) is 17.7 Å². The molecule has 148 valence electrons. The maximum absolute atomic E-state index is 12.7. The van der Waals surface area contributed by atoms with Crippen molar-refractivity contribution < 1.29 is 14.4 Å². The van der Waals surface area contributed by atoms with Crippen molar-refractivity contribution in [2.45, 2.75) is 6.42 Å². The van der Waals surface area contributed by atoms with Crippen LogP contribution in [0.2, 0.25) is 5.02 Å². The maximum Gasteiger partial charge on any atom is 0.241 e. The molecule has 3 N–H and O–H groups in total. The Bertz CT molecular complexity index is 829. The first-order chi connectivity index (χ1) is 13.3. The molecule has 0 fully saturated rings. The average molecular weight is 403 g/mol. The van der Waals surface area contributed by atoms with E-state index in [0.717, 1.165) is 0 Å². The number of para-hydroxylation sites is 1. The van der Waals surface area contributed by atoms with Crippen LogP contribution in [0.3, 0.4) is 0 Å². The highest BCUT2D eigenvalue weighted by Crippen LogP contribution is 2.16. The number of nitrogens with zero attached hydrogens (tertiary/aromatic N) is 2. The summed E-state index contributed by atoms with van der Waals surface area (Å²) in [7, 11) is 1.67. The number of carbonyl (C=O) groups excluding carboxylic acids is 3. The number of halogens is 1. The Labute approximate surface area is 169 Å². The standard InChI is InChI=1S/C20H23ClN4O3/c1-24(13-19(27)23-16-7-5-6-15(21)12-16)14-20(28)25(11-10-18(22)26)17-8-3-2-4-9-17/h2-9,12H,10-11,13-14H2,1H3,(H2,22,26)(H,23,27). The predicted molar refractivity (Wildman–Crippen MR) is 110 cm³/mol. The van der Waals surface area contributed by atoms with Gasteiger partial charge < -0.3 is 16.0 Å². The third-order valence-electron chi connectivity index (χ3n) is 3.88. The monoisotopic (exact) mass is 402 g/mol. The Hall–Kier alpha value is -2.90. The molecule has 8 heteroatoms. The quantitative estimate of drug-likeness (QED) is 0.671. The van der Waals surface area contributed by atoms with Gasteiger partial charge in [0.25, 0.3) is 0 Å². The summed E-state index contributed by atoms with van der Waals surface area (Å²) in [5.74, 6) is -0.977. The van der Waals surface area contributed by atoms with E-state index in [1.807, 2.05) is 18.2 Å². The Morgan fingerprint density at radius 3 is 2.39 bits per heavy atom. The lowest BCUT2D eigenvalue weighted by Gasteiger charge is -2.25. The summed E-state index contributed by atoms with van der Waals surface area (Å²) >= 11 is 5.90. The summed E-state index contributed by atoms with van der Waals surface area (Å²) in [4.78, 5) is 39.2. The van der Waals surface area contributed by atoms with Crippen molar-refractivity contribution in [1.82, 2.24) is 4.90 Å². The fourth-order valence-corrected chi connectivity index (χ4v) is 2.80. The lowest BCUT2D eigenvalue weighted by molar-refractivity contribution is -0.121. The summed E-state index contributed by atoms with van der Waals surface area (Å²) in [6.07, 6.45) is 0.0552. The van der Waals surface area contributed by atoms with E-state index in [-0.39, 0.29) is 37.9 Å². The van der Waals surface area contributed by atoms with Gasteiger partial charge in [-0.3, -0.25) is 19.3 Å². The molecule has 0 radical (unpaired) electrons. The highest BCUT2D eigenvalue weighted by molar-refractivity contribution is 6.30. The highest BCUT2D eigenvalue weighted by atomic mass is 35.5. The molecule has 2 aromatic rings. The second-order valence-electron chi connectivity index (χ2n) is 6.33. The van der Waals surface area contributed by atoms with E-state index in [4.69, 9.17) is 17.3 Å². The van der Waals surface area contributed by atoms with Crippen LogP contribution in [0.25, 0.3) is 0 Å². The molecule has 28 heavy (non-hydrogen) atoms. The zero-order valence-corrected chi connectivity index (χ0v) is 16.4. The van der Waals surface area contributed by atoms with Gasteiger partial charge in [0.05, 0.1) is 13.1 Å². The Balaban J connectivity index is 1.95. The average Bonchev–Trinajstić information content (AvgIpc) is 2.62. The fraction of sp³-hybridized carbons (Fsp3) is 0.250. The molecule has 0 spiro atoms. The summed E-state index contributed by atoms with van der Waals surface area (Å²) in [6, 6.07) is 15.8. The number of carbonyl (C=O) groups is 3. The number of benzene rings is 2. The first kappa shape index (κ1) is 21.4. The van der Waals surface area contributed by atoms with Crippen LogP contribution in [0.5, 0.6) is 0 Å². The largest absolute Gasteiger partial charge is 0.370 e. The van der Waals surface area contributed by atoms with Crippen molar-refractivity contribution in [1.29, 1.82) is 0 Å². The molecule has 0 unspecified atom stereocenters. The van der Waals surface area contributed by atoms with Crippen LogP contribution in [0.4, 0.5) is 11.4 Å². The van der Waals surface area contributed by atoms with Crippen LogP contribution in [-0.2, 0) is 14.4 Å². The molecule has 2 aromatic carbocycles. The van der Waals surface area contributed by atoms with Gasteiger partial charge in [-0.2, -0.15) is 0 Å². The number of nitrogens with two attached hydrogens (primary N) is 1. The van der Waals surface area contributed by atoms with Crippen LogP contribution in [-0.4, -0.2) is 49.3 Å². The van der Waals surface area contributed by atoms with E-state index in [0.29, 0.717) is 16.4 Å². The Morgan fingerprint density at radius 2 is 1.75 bits per heavy atom. The van der Waals surface area contributed by atoms with Gasteiger partial charge in [0.1, 0.15) is 0 Å². The normalized spacial score (nSPS) is 10.5. The molecule has 0 aliphatic carbocycles. The minimum absolute atomic E-state index is 0.0105. The second kappa shape index (κ2) is 10.4. The van der Waals surface area contributed by atoms with Crippen LogP contribution in [0.15, 0.2) is 54.6 Å². The molecule has 0 aromatic heterocycles. The lowest BCUT2D eigenvalue weighted by atomic mass is 10.2. The zero-order chi connectivity index (χ0) is 20.5. The van der Waals surface area contributed by atoms with Crippen LogP contribution < -0.4 is 16.0 Å². The summed E-state index contributed by atoms with van der Waals surface area (Å²) in [5, 5.41) is 3.26. The first-order valence-electron chi connectivity index (χ1n) is 8.73. The molecule has 0 aliphatic rings. The van der Waals surface area contributed by atoms with Gasteiger partial charge >= 0.3 is 0 Å². The first-order valence-corrected chi connectivity index (χ1v) is 9.10. The fourth-order valence-electron chi connectivity index (χ4n) is 2.61. The van der Waals surface area contributed by atoms with Crippen molar-refractivity contribution in [3.8, 4) is 0 Å². The van der Waals surface area contributed by atoms with E-state index in [1.54, 1.807) is 48.3 Å². The summed E-state index contributed by atoms with van der Waals surface area (Å²) in [6.45, 7) is 0.216. The molecule has 0 heterocycles. The maximum atomic E-state index is 12.7. The van der Waals surface area contributed by atoms with Gasteiger partial charge in [-0.05, 0) is 37.4 Å². The van der Waals surface area contributed by atoms with Crippen molar-refractivity contribution in [2.24, 2.45) is 5.73 Å². The summed E-state index contributed by atoms with van der Waals surface area (Å²) in [5.41, 5.74) is 6.48. The minimum Gasteiger partial charge on any atom is -0.370 e. The van der Waals surface area contributed by atoms with Crippen molar-refractivity contribution in [3.05, 3.63) is 59.6 Å². The van der Waals surface area contributed by atoms with Crippen LogP contribution in [0, 0.1) is 0 Å². The molecule has 0 bridgehead atoms. The number of rotatable bonds is 9. The molecule has 0 atom stereocenters. The third-order valence-corrected chi connectivity index (χ3v) is 4.11. The smallest absolute Gasteiger partial charge is 0.241 e. The number of hydrogen-bond donors (Lipinski definition) is 2. The Morgan fingerprint density at radius 1 is 1.04 bits per heavy atom. The number of amides is 3. The third kappa shape index (κ3) is 7.02. The molecular weight excluding hydrogens is 380 g/mol. The summed E-state index contributed by atoms with van der Waals surface area (Å²) < 4.78 is 0. The van der Waals surface area contributed by atoms with Gasteiger partial charge in [-0.15, -0.1) is 0 Å². The second-order valence-corrected chi connectivity index (χ2v) is 6.76. The van der Waals surface area contributed by atoms with Gasteiger partial charge in [0.15, 0.2) is 0 Å². The minimum atomic E-state index is -0.483. The van der Waals surface area contributed by atoms with Gasteiger partial charge in [-0.1, -0.05) is 35.9 Å². The van der Waals surface area contributed by atoms with Crippen LogP contribution >= 0.6 is 11.6 Å². The number of likely N-dealkylation sites (N-methyl/N-ethyl adjacent to an activating group) is 1. The van der Waals surface area contributed by atoms with E-state index in [1.165, 1.54) is 4.90 Å². The number of anilines is 2. The van der Waals surface area contributed by atoms with Gasteiger partial charge in [-0.25, -0.2) is 0 Å². The molecule has 0 saturated heterocycles. The molecule has 2 rings (SSSR count). The van der Waals surface area contributed by atoms with Crippen LogP contribution in [0.1, 0.15) is 6.42 Å². The number of primary amides is 1. The highest BCUT2D eigenvalue weighted by Gasteiger charge is 2.19. The molecule has 3 amide bonds. The van der Waals surface area contributed by atoms with E-state index >= 15 is 0 Å².